The molecular formula is C24H28N2O3. The number of nitrogens with one attached hydrogen (secondary N) is 1. The molecule has 2 heterocycles. The second kappa shape index (κ2) is 8.19. The van der Waals surface area contributed by atoms with Crippen LogP contribution in [0.1, 0.15) is 28.8 Å². The Kier molecular flexibility index (Phi) is 5.47. The van der Waals surface area contributed by atoms with Gasteiger partial charge >= 0.3 is 0 Å². The highest BCUT2D eigenvalue weighted by Crippen LogP contribution is 2.29. The van der Waals surface area contributed by atoms with Crippen LogP contribution in [0.15, 0.2) is 36.4 Å². The number of amides is 1. The van der Waals surface area contributed by atoms with Gasteiger partial charge in [0, 0.05) is 42.5 Å². The van der Waals surface area contributed by atoms with Gasteiger partial charge in [0.25, 0.3) is 0 Å². The molecule has 3 aromatic rings. The number of nitrogens with zero attached hydrogens (tertiary/aromatic N) is 1. The van der Waals surface area contributed by atoms with Crippen molar-refractivity contribution in [2.75, 3.05) is 27.3 Å². The Labute approximate surface area is 171 Å². The van der Waals surface area contributed by atoms with Crippen molar-refractivity contribution in [2.24, 2.45) is 0 Å². The van der Waals surface area contributed by atoms with Gasteiger partial charge in [-0.05, 0) is 55.2 Å². The molecule has 0 radical (unpaired) electrons. The molecule has 5 heteroatoms. The average Bonchev–Trinajstić information content (AvgIpc) is 2.94. The van der Waals surface area contributed by atoms with Crippen molar-refractivity contribution < 1.29 is 14.3 Å². The number of rotatable bonds is 5. The molecule has 1 aliphatic heterocycles. The van der Waals surface area contributed by atoms with E-state index < -0.39 is 0 Å². The summed E-state index contributed by atoms with van der Waals surface area (Å²) in [6, 6.07) is 12.4. The van der Waals surface area contributed by atoms with Gasteiger partial charge in [0.15, 0.2) is 11.5 Å². The van der Waals surface area contributed by atoms with Gasteiger partial charge in [-0.1, -0.05) is 17.7 Å². The summed E-state index contributed by atoms with van der Waals surface area (Å²) in [5.41, 5.74) is 6.21. The lowest BCUT2D eigenvalue weighted by molar-refractivity contribution is -0.131. The molecule has 0 saturated heterocycles. The lowest BCUT2D eigenvalue weighted by atomic mass is 10.1. The minimum atomic E-state index is 0.213. The number of benzene rings is 2. The average molecular weight is 392 g/mol. The van der Waals surface area contributed by atoms with Crippen LogP contribution in [0.5, 0.6) is 11.5 Å². The van der Waals surface area contributed by atoms with E-state index >= 15 is 0 Å². The van der Waals surface area contributed by atoms with Crippen LogP contribution in [0, 0.1) is 6.92 Å². The highest BCUT2D eigenvalue weighted by atomic mass is 16.5. The number of carbonyl (C=O) groups is 1. The molecule has 0 aliphatic carbocycles. The Morgan fingerprint density at radius 2 is 1.83 bits per heavy atom. The molecule has 0 atom stereocenters. The van der Waals surface area contributed by atoms with Gasteiger partial charge in [-0.15, -0.1) is 0 Å². The molecule has 5 nitrogen and oxygen atoms in total. The van der Waals surface area contributed by atoms with E-state index in [-0.39, 0.29) is 5.91 Å². The molecule has 0 saturated carbocycles. The fourth-order valence-electron chi connectivity index (χ4n) is 4.22. The van der Waals surface area contributed by atoms with Crippen molar-refractivity contribution in [1.82, 2.24) is 9.88 Å². The molecule has 0 bridgehead atoms. The number of aromatic nitrogens is 1. The van der Waals surface area contributed by atoms with Gasteiger partial charge in [0.2, 0.25) is 5.91 Å². The number of fused-ring (bicyclic) bond motifs is 3. The third-order valence-corrected chi connectivity index (χ3v) is 5.84. The second-order valence-corrected chi connectivity index (χ2v) is 7.70. The minimum Gasteiger partial charge on any atom is -0.493 e. The number of hydrogen-bond acceptors (Lipinski definition) is 3. The predicted molar refractivity (Wildman–Crippen MR) is 115 cm³/mol. The Balaban J connectivity index is 1.41. The monoisotopic (exact) mass is 392 g/mol. The van der Waals surface area contributed by atoms with E-state index in [2.05, 4.69) is 30.1 Å². The van der Waals surface area contributed by atoms with E-state index in [0.717, 1.165) is 31.5 Å². The first-order valence-corrected chi connectivity index (χ1v) is 10.2. The van der Waals surface area contributed by atoms with E-state index in [4.69, 9.17) is 9.47 Å². The van der Waals surface area contributed by atoms with Crippen LogP contribution in [-0.2, 0) is 24.1 Å². The molecule has 0 spiro atoms. The van der Waals surface area contributed by atoms with E-state index in [1.54, 1.807) is 14.2 Å². The number of H-pyrrole nitrogens is 1. The summed E-state index contributed by atoms with van der Waals surface area (Å²) in [6.07, 6.45) is 2.98. The third-order valence-electron chi connectivity index (χ3n) is 5.84. The molecule has 0 fully saturated rings. The summed E-state index contributed by atoms with van der Waals surface area (Å²) in [5.74, 6) is 1.62. The number of methoxy groups -OCH3 is 2. The standard InChI is InChI=1S/C24H28N2O3/c1-16-4-7-20-19(14-16)18-10-12-26(13-11-21(18)25-20)24(27)9-6-17-5-8-22(28-2)23(15-17)29-3/h4-5,7-8,14-15,25H,6,9-13H2,1-3H3. The molecule has 4 rings (SSSR count). The summed E-state index contributed by atoms with van der Waals surface area (Å²) >= 11 is 0. The number of aryl methyl sites for hydroxylation is 2. The highest BCUT2D eigenvalue weighted by molar-refractivity contribution is 5.86. The molecule has 0 unspecified atom stereocenters. The molecule has 29 heavy (non-hydrogen) atoms. The summed E-state index contributed by atoms with van der Waals surface area (Å²) in [7, 11) is 3.25. The zero-order valence-corrected chi connectivity index (χ0v) is 17.4. The van der Waals surface area contributed by atoms with Crippen molar-refractivity contribution in [1.29, 1.82) is 0 Å². The summed E-state index contributed by atoms with van der Waals surface area (Å²) in [6.45, 7) is 3.67. The van der Waals surface area contributed by atoms with Crippen LogP contribution in [0.25, 0.3) is 10.9 Å². The van der Waals surface area contributed by atoms with Crippen LogP contribution in [-0.4, -0.2) is 43.1 Å². The smallest absolute Gasteiger partial charge is 0.222 e. The van der Waals surface area contributed by atoms with Crippen molar-refractivity contribution in [3.8, 4) is 11.5 Å². The van der Waals surface area contributed by atoms with Crippen molar-refractivity contribution in [3.05, 3.63) is 58.8 Å². The molecule has 1 aliphatic rings. The van der Waals surface area contributed by atoms with Crippen LogP contribution >= 0.6 is 0 Å². The summed E-state index contributed by atoms with van der Waals surface area (Å²) in [5, 5.41) is 1.31. The maximum Gasteiger partial charge on any atom is 0.222 e. The van der Waals surface area contributed by atoms with Crippen LogP contribution in [0.4, 0.5) is 0 Å². The van der Waals surface area contributed by atoms with Gasteiger partial charge in [0.05, 0.1) is 14.2 Å². The Bertz CT molecular complexity index is 1040. The minimum absolute atomic E-state index is 0.213. The van der Waals surface area contributed by atoms with Crippen LogP contribution < -0.4 is 9.47 Å². The molecule has 152 valence electrons. The van der Waals surface area contributed by atoms with Gasteiger partial charge in [-0.3, -0.25) is 4.79 Å². The van der Waals surface area contributed by atoms with Gasteiger partial charge in [0.1, 0.15) is 0 Å². The first kappa shape index (κ1) is 19.4. The van der Waals surface area contributed by atoms with Crippen molar-refractivity contribution >= 4 is 16.8 Å². The quantitative estimate of drug-likeness (QED) is 0.713. The lowest BCUT2D eigenvalue weighted by Gasteiger charge is -2.20. The normalized spacial score (nSPS) is 13.8. The summed E-state index contributed by atoms with van der Waals surface area (Å²) < 4.78 is 10.6. The maximum atomic E-state index is 12.9. The SMILES string of the molecule is COc1ccc(CCC(=O)N2CCc3[nH]c4ccc(C)cc4c3CC2)cc1OC. The number of carbonyl (C=O) groups excluding carboxylic acids is 1. The molecule has 2 aromatic carbocycles. The molecule has 1 amide bonds. The van der Waals surface area contributed by atoms with Crippen molar-refractivity contribution in [3.63, 3.8) is 0 Å². The first-order chi connectivity index (χ1) is 14.1. The van der Waals surface area contributed by atoms with Gasteiger partial charge < -0.3 is 19.4 Å². The Morgan fingerprint density at radius 3 is 2.62 bits per heavy atom. The van der Waals surface area contributed by atoms with E-state index in [1.807, 2.05) is 23.1 Å². The fraction of sp³-hybridized carbons (Fsp3) is 0.375. The Hall–Kier alpha value is -2.95. The van der Waals surface area contributed by atoms with E-state index in [9.17, 15) is 4.79 Å². The topological polar surface area (TPSA) is 54.6 Å². The third kappa shape index (κ3) is 3.95. The molecule has 1 aromatic heterocycles. The number of hydrogen-bond donors (Lipinski definition) is 1. The largest absolute Gasteiger partial charge is 0.493 e. The van der Waals surface area contributed by atoms with Gasteiger partial charge in [-0.25, -0.2) is 0 Å². The fourth-order valence-corrected chi connectivity index (χ4v) is 4.22. The van der Waals surface area contributed by atoms with E-state index in [1.165, 1.54) is 27.7 Å². The lowest BCUT2D eigenvalue weighted by Crippen LogP contribution is -2.33. The maximum absolute atomic E-state index is 12.9. The van der Waals surface area contributed by atoms with Crippen LogP contribution in [0.2, 0.25) is 0 Å². The van der Waals surface area contributed by atoms with Crippen molar-refractivity contribution in [2.45, 2.75) is 32.6 Å². The molecular weight excluding hydrogens is 364 g/mol. The zero-order valence-electron chi connectivity index (χ0n) is 17.4. The van der Waals surface area contributed by atoms with Crippen LogP contribution in [0.3, 0.4) is 0 Å². The zero-order chi connectivity index (χ0) is 20.4. The number of ether oxygens (including phenoxy) is 2. The summed E-state index contributed by atoms with van der Waals surface area (Å²) in [4.78, 5) is 18.4. The predicted octanol–water partition coefficient (Wildman–Crippen LogP) is 4.05. The van der Waals surface area contributed by atoms with E-state index in [0.29, 0.717) is 24.3 Å². The second-order valence-electron chi connectivity index (χ2n) is 7.70. The Morgan fingerprint density at radius 1 is 1.03 bits per heavy atom. The molecule has 1 N–H and O–H groups in total. The highest BCUT2D eigenvalue weighted by Gasteiger charge is 2.21. The van der Waals surface area contributed by atoms with Gasteiger partial charge in [-0.2, -0.15) is 0 Å². The first-order valence-electron chi connectivity index (χ1n) is 10.2. The number of aromatic amines is 1.